The third kappa shape index (κ3) is 5.88. The van der Waals surface area contributed by atoms with E-state index in [0.717, 1.165) is 12.2 Å². The Kier molecular flexibility index (Phi) is 8.18. The van der Waals surface area contributed by atoms with E-state index in [1.165, 1.54) is 0 Å². The zero-order valence-electron chi connectivity index (χ0n) is 15.2. The largest absolute Gasteiger partial charge is 0.423 e. The summed E-state index contributed by atoms with van der Waals surface area (Å²) < 4.78 is 56.4. The van der Waals surface area contributed by atoms with Crippen molar-refractivity contribution in [3.63, 3.8) is 0 Å². The molecule has 0 amide bonds. The SMILES string of the molecule is C#CCO[C@H]1C[C@H](n2cc(C(F)(F)F)c(=O)[nH]c2=O)O[C@@H]1COCSCCC. The summed E-state index contributed by atoms with van der Waals surface area (Å²) in [5.41, 5.74) is -3.98. The van der Waals surface area contributed by atoms with Gasteiger partial charge in [-0.2, -0.15) is 13.2 Å². The summed E-state index contributed by atoms with van der Waals surface area (Å²) in [6, 6.07) is 0. The Morgan fingerprint density at radius 1 is 1.46 bits per heavy atom. The first-order chi connectivity index (χ1) is 13.3. The van der Waals surface area contributed by atoms with E-state index in [1.807, 2.05) is 6.92 Å². The third-order valence-corrected chi connectivity index (χ3v) is 4.97. The third-order valence-electron chi connectivity index (χ3n) is 3.94. The van der Waals surface area contributed by atoms with Gasteiger partial charge >= 0.3 is 11.9 Å². The first-order valence-electron chi connectivity index (χ1n) is 8.56. The average molecular weight is 422 g/mol. The highest BCUT2D eigenvalue weighted by Crippen LogP contribution is 2.32. The summed E-state index contributed by atoms with van der Waals surface area (Å²) in [6.07, 6.45) is -0.396. The molecule has 1 N–H and O–H groups in total. The molecule has 156 valence electrons. The van der Waals surface area contributed by atoms with E-state index >= 15 is 0 Å². The molecule has 3 atom stereocenters. The topological polar surface area (TPSA) is 82.6 Å². The first-order valence-corrected chi connectivity index (χ1v) is 9.72. The molecule has 1 aromatic heterocycles. The molecule has 0 aromatic carbocycles. The Hall–Kier alpha value is -1.74. The Bertz CT molecular complexity index is 802. The molecule has 1 aliphatic rings. The van der Waals surface area contributed by atoms with Gasteiger partial charge in [0.1, 0.15) is 24.5 Å². The molecular formula is C17H21F3N2O5S. The minimum atomic E-state index is -4.90. The summed E-state index contributed by atoms with van der Waals surface area (Å²) in [4.78, 5) is 25.1. The van der Waals surface area contributed by atoms with Crippen LogP contribution in [0.1, 0.15) is 31.6 Å². The van der Waals surface area contributed by atoms with Gasteiger partial charge in [-0.05, 0) is 12.2 Å². The van der Waals surface area contributed by atoms with Crippen molar-refractivity contribution in [3.8, 4) is 12.3 Å². The van der Waals surface area contributed by atoms with Crippen LogP contribution in [0.2, 0.25) is 0 Å². The Labute approximate surface area is 163 Å². The lowest BCUT2D eigenvalue weighted by Crippen LogP contribution is -2.36. The number of halogens is 3. The maximum Gasteiger partial charge on any atom is 0.423 e. The van der Waals surface area contributed by atoms with Crippen LogP contribution in [0.3, 0.4) is 0 Å². The second kappa shape index (κ2) is 10.2. The van der Waals surface area contributed by atoms with E-state index in [0.29, 0.717) is 16.7 Å². The maximum absolute atomic E-state index is 13.0. The summed E-state index contributed by atoms with van der Waals surface area (Å²) in [5.74, 6) is 3.67. The van der Waals surface area contributed by atoms with Crippen molar-refractivity contribution in [1.29, 1.82) is 0 Å². The standard InChI is InChI=1S/C17H21F3N2O5S/c1-3-5-26-12-7-14(27-13(12)9-25-10-28-6-4-2)22-8-11(17(18,19)20)15(23)21-16(22)24/h1,8,12-14H,4-7,9-10H2,2H3,(H,21,23,24)/t12-,13+,14+/m0/s1. The first kappa shape index (κ1) is 22.5. The number of alkyl halides is 3. The number of H-pyrrole nitrogens is 1. The van der Waals surface area contributed by atoms with Crippen molar-refractivity contribution < 1.29 is 27.4 Å². The second-order valence-electron chi connectivity index (χ2n) is 6.02. The van der Waals surface area contributed by atoms with Crippen LogP contribution in [0.4, 0.5) is 13.2 Å². The molecule has 0 unspecified atom stereocenters. The Balaban J connectivity index is 2.16. The van der Waals surface area contributed by atoms with Gasteiger partial charge in [0.2, 0.25) is 0 Å². The van der Waals surface area contributed by atoms with Crippen LogP contribution in [0.25, 0.3) is 0 Å². The number of rotatable bonds is 9. The number of aromatic nitrogens is 2. The quantitative estimate of drug-likeness (QED) is 0.372. The number of nitrogens with one attached hydrogen (secondary N) is 1. The lowest BCUT2D eigenvalue weighted by atomic mass is 10.2. The zero-order valence-corrected chi connectivity index (χ0v) is 16.0. The van der Waals surface area contributed by atoms with Crippen LogP contribution in [-0.4, -0.2) is 46.7 Å². The molecule has 0 spiro atoms. The Morgan fingerprint density at radius 3 is 2.86 bits per heavy atom. The number of nitrogens with zero attached hydrogens (tertiary/aromatic N) is 1. The molecule has 7 nitrogen and oxygen atoms in total. The van der Waals surface area contributed by atoms with E-state index < -0.39 is 41.4 Å². The van der Waals surface area contributed by atoms with Gasteiger partial charge in [-0.1, -0.05) is 12.8 Å². The predicted octanol–water partition coefficient (Wildman–Crippen LogP) is 1.98. The molecular weight excluding hydrogens is 401 g/mol. The second-order valence-corrected chi connectivity index (χ2v) is 7.07. The number of terminal acetylenes is 1. The van der Waals surface area contributed by atoms with Gasteiger partial charge in [0, 0.05) is 12.6 Å². The highest BCUT2D eigenvalue weighted by Gasteiger charge is 2.40. The van der Waals surface area contributed by atoms with Gasteiger partial charge in [-0.25, -0.2) is 4.79 Å². The summed E-state index contributed by atoms with van der Waals surface area (Å²) in [6.45, 7) is 2.15. The minimum absolute atomic E-state index is 0.0177. The van der Waals surface area contributed by atoms with E-state index in [2.05, 4.69) is 5.92 Å². The average Bonchev–Trinajstić information content (AvgIpc) is 3.01. The van der Waals surface area contributed by atoms with E-state index in [1.54, 1.807) is 16.7 Å². The van der Waals surface area contributed by atoms with Crippen LogP contribution in [0.5, 0.6) is 0 Å². The van der Waals surface area contributed by atoms with Crippen LogP contribution in [0.15, 0.2) is 15.8 Å². The fourth-order valence-electron chi connectivity index (χ4n) is 2.68. The van der Waals surface area contributed by atoms with E-state index in [9.17, 15) is 22.8 Å². The zero-order chi connectivity index (χ0) is 20.7. The normalized spacial score (nSPS) is 22.3. The van der Waals surface area contributed by atoms with E-state index in [-0.39, 0.29) is 19.6 Å². The molecule has 1 saturated heterocycles. The number of aromatic amines is 1. The highest BCUT2D eigenvalue weighted by atomic mass is 32.2. The van der Waals surface area contributed by atoms with Crippen molar-refractivity contribution in [2.75, 3.05) is 24.9 Å². The van der Waals surface area contributed by atoms with Crippen molar-refractivity contribution in [2.24, 2.45) is 0 Å². The molecule has 11 heteroatoms. The van der Waals surface area contributed by atoms with Gasteiger partial charge in [-0.15, -0.1) is 18.2 Å². The summed E-state index contributed by atoms with van der Waals surface area (Å²) >= 11 is 1.59. The molecule has 0 radical (unpaired) electrons. The maximum atomic E-state index is 13.0. The van der Waals surface area contributed by atoms with Crippen LogP contribution in [-0.2, 0) is 20.4 Å². The molecule has 0 bridgehead atoms. The molecule has 2 rings (SSSR count). The number of hydrogen-bond donors (Lipinski definition) is 1. The molecule has 0 saturated carbocycles. The van der Waals surface area contributed by atoms with Gasteiger partial charge in [0.05, 0.1) is 18.6 Å². The van der Waals surface area contributed by atoms with Gasteiger partial charge in [0.25, 0.3) is 5.56 Å². The summed E-state index contributed by atoms with van der Waals surface area (Å²) in [5, 5.41) is 0. The molecule has 0 aliphatic carbocycles. The highest BCUT2D eigenvalue weighted by molar-refractivity contribution is 7.99. The van der Waals surface area contributed by atoms with Gasteiger partial charge in [0.15, 0.2) is 0 Å². The molecule has 1 fully saturated rings. The van der Waals surface area contributed by atoms with Crippen LogP contribution < -0.4 is 11.2 Å². The lowest BCUT2D eigenvalue weighted by molar-refractivity contribution is -0.139. The minimum Gasteiger partial charge on any atom is -0.368 e. The van der Waals surface area contributed by atoms with Gasteiger partial charge in [-0.3, -0.25) is 14.3 Å². The Morgan fingerprint density at radius 2 is 2.21 bits per heavy atom. The number of ether oxygens (including phenoxy) is 3. The van der Waals surface area contributed by atoms with Crippen molar-refractivity contribution in [1.82, 2.24) is 9.55 Å². The van der Waals surface area contributed by atoms with Crippen LogP contribution >= 0.6 is 11.8 Å². The molecule has 28 heavy (non-hydrogen) atoms. The number of thioether (sulfide) groups is 1. The van der Waals surface area contributed by atoms with E-state index in [4.69, 9.17) is 20.6 Å². The van der Waals surface area contributed by atoms with Crippen molar-refractivity contribution in [2.45, 2.75) is 44.4 Å². The van der Waals surface area contributed by atoms with Crippen molar-refractivity contribution >= 4 is 11.8 Å². The fraction of sp³-hybridized carbons (Fsp3) is 0.647. The predicted molar refractivity (Wildman–Crippen MR) is 97.0 cm³/mol. The fourth-order valence-corrected chi connectivity index (χ4v) is 3.30. The summed E-state index contributed by atoms with van der Waals surface area (Å²) in [7, 11) is 0. The molecule has 1 aromatic rings. The van der Waals surface area contributed by atoms with Crippen LogP contribution in [0, 0.1) is 12.3 Å². The smallest absolute Gasteiger partial charge is 0.368 e. The lowest BCUT2D eigenvalue weighted by Gasteiger charge is -2.18. The number of hydrogen-bond acceptors (Lipinski definition) is 6. The van der Waals surface area contributed by atoms with Crippen molar-refractivity contribution in [3.05, 3.63) is 32.6 Å². The monoisotopic (exact) mass is 422 g/mol. The van der Waals surface area contributed by atoms with Gasteiger partial charge < -0.3 is 14.2 Å². The molecule has 1 aliphatic heterocycles. The molecule has 2 heterocycles.